The molecule has 388 valence electrons. The summed E-state index contributed by atoms with van der Waals surface area (Å²) in [5.74, 6) is -0.270. The maximum absolute atomic E-state index is 12.9. The van der Waals surface area contributed by atoms with Crippen molar-refractivity contribution in [2.75, 3.05) is 19.8 Å². The molecule has 1 saturated heterocycles. The third kappa shape index (κ3) is 36.0. The molecule has 0 radical (unpaired) electrons. The van der Waals surface area contributed by atoms with E-state index in [0.717, 1.165) is 103 Å². The molecule has 0 aromatic heterocycles. The number of rotatable bonds is 45. The lowest BCUT2D eigenvalue weighted by Crippen LogP contribution is -2.60. The molecular formula is C56H99NO10. The van der Waals surface area contributed by atoms with Crippen LogP contribution in [0, 0.1) is 0 Å². The smallest absolute Gasteiger partial charge is 0.305 e. The van der Waals surface area contributed by atoms with Crippen molar-refractivity contribution >= 4 is 11.9 Å². The SMILES string of the molecule is CCCCC/C=C/CC/C=C/C(O)C(COC1OC(CO)C(O)C(O)C1O)NC(=O)CCCCCCCC/C=C\C=C/CCCCCOC(=O)CCCCCCC/C=C\CCCCCCCC. The minimum Gasteiger partial charge on any atom is -0.466 e. The second-order valence-electron chi connectivity index (χ2n) is 18.6. The predicted octanol–water partition coefficient (Wildman–Crippen LogP) is 11.5. The number of esters is 1. The Hall–Kier alpha value is -2.64. The number of hydrogen-bond acceptors (Lipinski definition) is 10. The molecule has 0 bridgehead atoms. The molecule has 0 aromatic carbocycles. The Labute approximate surface area is 408 Å². The normalized spacial score (nSPS) is 20.0. The molecule has 67 heavy (non-hydrogen) atoms. The number of carbonyl (C=O) groups is 2. The number of amides is 1. The Morgan fingerprint density at radius 1 is 0.552 bits per heavy atom. The van der Waals surface area contributed by atoms with Gasteiger partial charge in [-0.3, -0.25) is 9.59 Å². The first-order valence-corrected chi connectivity index (χ1v) is 27.1. The lowest BCUT2D eigenvalue weighted by atomic mass is 9.99. The fourth-order valence-electron chi connectivity index (χ4n) is 7.96. The minimum atomic E-state index is -1.59. The number of hydrogen-bond donors (Lipinski definition) is 6. The summed E-state index contributed by atoms with van der Waals surface area (Å²) in [6, 6.07) is -0.844. The van der Waals surface area contributed by atoms with Crippen LogP contribution in [0.4, 0.5) is 0 Å². The number of ether oxygens (including phenoxy) is 3. The summed E-state index contributed by atoms with van der Waals surface area (Å²) < 4.78 is 16.6. The Balaban J connectivity index is 2.13. The maximum Gasteiger partial charge on any atom is 0.305 e. The van der Waals surface area contributed by atoms with E-state index in [2.05, 4.69) is 67.8 Å². The van der Waals surface area contributed by atoms with Gasteiger partial charge in [-0.05, 0) is 103 Å². The van der Waals surface area contributed by atoms with E-state index in [0.29, 0.717) is 19.4 Å². The Kier molecular flexibility index (Phi) is 42.6. The highest BCUT2D eigenvalue weighted by Gasteiger charge is 2.44. The number of aliphatic hydroxyl groups excluding tert-OH is 5. The van der Waals surface area contributed by atoms with Crippen molar-refractivity contribution in [3.05, 3.63) is 60.8 Å². The Morgan fingerprint density at radius 3 is 1.60 bits per heavy atom. The molecule has 11 nitrogen and oxygen atoms in total. The summed E-state index contributed by atoms with van der Waals surface area (Å²) in [7, 11) is 0. The van der Waals surface area contributed by atoms with Crippen LogP contribution in [0.3, 0.4) is 0 Å². The number of nitrogens with one attached hydrogen (secondary N) is 1. The van der Waals surface area contributed by atoms with Gasteiger partial charge in [0, 0.05) is 12.8 Å². The van der Waals surface area contributed by atoms with E-state index in [-0.39, 0.29) is 18.5 Å². The lowest BCUT2D eigenvalue weighted by Gasteiger charge is -2.40. The van der Waals surface area contributed by atoms with Gasteiger partial charge in [0.15, 0.2) is 6.29 Å². The van der Waals surface area contributed by atoms with Crippen molar-refractivity contribution in [3.63, 3.8) is 0 Å². The highest BCUT2D eigenvalue weighted by atomic mass is 16.7. The number of unbranched alkanes of at least 4 members (excludes halogenated alkanes) is 24. The zero-order valence-electron chi connectivity index (χ0n) is 42.3. The second-order valence-corrected chi connectivity index (χ2v) is 18.6. The van der Waals surface area contributed by atoms with Crippen LogP contribution in [0.25, 0.3) is 0 Å². The third-order valence-electron chi connectivity index (χ3n) is 12.4. The van der Waals surface area contributed by atoms with Crippen molar-refractivity contribution < 1.29 is 49.3 Å². The first-order valence-electron chi connectivity index (χ1n) is 27.1. The summed E-state index contributed by atoms with van der Waals surface area (Å²) in [5, 5.41) is 54.0. The maximum atomic E-state index is 12.9. The minimum absolute atomic E-state index is 0.0511. The van der Waals surface area contributed by atoms with Crippen LogP contribution in [0.15, 0.2) is 60.8 Å². The van der Waals surface area contributed by atoms with E-state index in [9.17, 15) is 35.1 Å². The summed E-state index contributed by atoms with van der Waals surface area (Å²) in [4.78, 5) is 25.0. The molecule has 0 aliphatic carbocycles. The van der Waals surface area contributed by atoms with Gasteiger partial charge in [0.25, 0.3) is 0 Å². The monoisotopic (exact) mass is 946 g/mol. The summed E-state index contributed by atoms with van der Waals surface area (Å²) in [6.45, 7) is 4.17. The van der Waals surface area contributed by atoms with Crippen LogP contribution in [-0.4, -0.2) is 100 Å². The van der Waals surface area contributed by atoms with Crippen LogP contribution in [0.2, 0.25) is 0 Å². The molecule has 0 saturated carbocycles. The average Bonchev–Trinajstić information content (AvgIpc) is 3.32. The molecular weight excluding hydrogens is 847 g/mol. The number of allylic oxidation sites excluding steroid dienone is 9. The standard InChI is InChI=1S/C56H99NO10/c1-3-5-7-9-11-13-14-15-17-21-24-28-32-36-40-44-52(61)65-45-41-37-33-29-25-22-19-16-18-20-23-27-31-35-39-43-51(60)57-48(49(59)42-38-34-30-26-12-10-8-6-4-2)47-66-56-55(64)54(63)53(62)50(46-58)67-56/h12,15-17,19,22,25-26,38,42,48-50,53-56,58-59,62-64H,3-11,13-14,18,20-21,23-24,27-37,39-41,43-47H2,1-2H3,(H,57,60)/b17-15-,19-16-,25-22-,26-12+,42-38+. The summed E-state index contributed by atoms with van der Waals surface area (Å²) in [6.07, 6.45) is 47.5. The molecule has 0 aromatic rings. The first-order chi connectivity index (χ1) is 32.7. The largest absolute Gasteiger partial charge is 0.466 e. The lowest BCUT2D eigenvalue weighted by molar-refractivity contribution is -0.302. The molecule has 7 atom stereocenters. The Bertz CT molecular complexity index is 1300. The van der Waals surface area contributed by atoms with E-state index in [1.165, 1.54) is 89.9 Å². The molecule has 1 fully saturated rings. The van der Waals surface area contributed by atoms with Gasteiger partial charge >= 0.3 is 5.97 Å². The zero-order valence-corrected chi connectivity index (χ0v) is 42.3. The third-order valence-corrected chi connectivity index (χ3v) is 12.4. The molecule has 1 amide bonds. The van der Waals surface area contributed by atoms with Crippen molar-refractivity contribution in [3.8, 4) is 0 Å². The van der Waals surface area contributed by atoms with E-state index < -0.39 is 49.5 Å². The van der Waals surface area contributed by atoms with E-state index in [1.54, 1.807) is 6.08 Å². The van der Waals surface area contributed by atoms with Crippen LogP contribution in [0.5, 0.6) is 0 Å². The molecule has 6 N–H and O–H groups in total. The molecule has 0 spiro atoms. The second kappa shape index (κ2) is 45.8. The van der Waals surface area contributed by atoms with E-state index >= 15 is 0 Å². The zero-order chi connectivity index (χ0) is 48.8. The van der Waals surface area contributed by atoms with Crippen molar-refractivity contribution in [1.82, 2.24) is 5.32 Å². The quantitative estimate of drug-likeness (QED) is 0.0149. The molecule has 11 heteroatoms. The molecule has 7 unspecified atom stereocenters. The van der Waals surface area contributed by atoms with Gasteiger partial charge in [-0.2, -0.15) is 0 Å². The van der Waals surface area contributed by atoms with Crippen LogP contribution in [0.1, 0.15) is 219 Å². The van der Waals surface area contributed by atoms with Gasteiger partial charge in [0.2, 0.25) is 5.91 Å². The van der Waals surface area contributed by atoms with Crippen molar-refractivity contribution in [2.45, 2.75) is 262 Å². The van der Waals surface area contributed by atoms with E-state index in [1.807, 2.05) is 6.08 Å². The molecule has 1 aliphatic rings. The Morgan fingerprint density at radius 2 is 1.01 bits per heavy atom. The van der Waals surface area contributed by atoms with Gasteiger partial charge < -0.3 is 45.1 Å². The summed E-state index contributed by atoms with van der Waals surface area (Å²) >= 11 is 0. The van der Waals surface area contributed by atoms with Gasteiger partial charge in [0.05, 0.1) is 32.0 Å². The van der Waals surface area contributed by atoms with Gasteiger partial charge in [0.1, 0.15) is 24.4 Å². The summed E-state index contributed by atoms with van der Waals surface area (Å²) in [5.41, 5.74) is 0. The topological polar surface area (TPSA) is 175 Å². The highest BCUT2D eigenvalue weighted by molar-refractivity contribution is 5.76. The molecule has 1 rings (SSSR count). The molecule has 1 aliphatic heterocycles. The van der Waals surface area contributed by atoms with Crippen molar-refractivity contribution in [1.29, 1.82) is 0 Å². The highest BCUT2D eigenvalue weighted by Crippen LogP contribution is 2.22. The van der Waals surface area contributed by atoms with Crippen molar-refractivity contribution in [2.24, 2.45) is 0 Å². The number of aliphatic hydroxyl groups is 5. The van der Waals surface area contributed by atoms with Gasteiger partial charge in [-0.1, -0.05) is 164 Å². The molecule has 1 heterocycles. The van der Waals surface area contributed by atoms with Gasteiger partial charge in [-0.15, -0.1) is 0 Å². The number of carbonyl (C=O) groups excluding carboxylic acids is 2. The fraction of sp³-hybridized carbons (Fsp3) is 0.786. The van der Waals surface area contributed by atoms with Gasteiger partial charge in [-0.25, -0.2) is 0 Å². The van der Waals surface area contributed by atoms with E-state index in [4.69, 9.17) is 14.2 Å². The first kappa shape index (κ1) is 62.4. The van der Waals surface area contributed by atoms with Crippen LogP contribution < -0.4 is 5.32 Å². The average molecular weight is 946 g/mol. The van der Waals surface area contributed by atoms with Crippen LogP contribution >= 0.6 is 0 Å². The fourth-order valence-corrected chi connectivity index (χ4v) is 7.96. The van der Waals surface area contributed by atoms with Crippen LogP contribution in [-0.2, 0) is 23.8 Å². The predicted molar refractivity (Wildman–Crippen MR) is 273 cm³/mol.